The standard InChI is InChI=1S/C31H46N4O3/c1-22(2)24-7-10-27(11-8-24)33-16-13-31(14-17-33)28-12-9-26(32-23(3)36)20-25(28)21-35(30(31)38)19-18-34-15-5-4-6-29(34)37/h9,12,20,22,24,27H,4-8,10-11,13-19,21H2,1-3H3,(H,32,36). The van der Waals surface area contributed by atoms with E-state index in [9.17, 15) is 14.4 Å². The summed E-state index contributed by atoms with van der Waals surface area (Å²) >= 11 is 0. The number of rotatable bonds is 6. The summed E-state index contributed by atoms with van der Waals surface area (Å²) in [7, 11) is 0. The summed E-state index contributed by atoms with van der Waals surface area (Å²) in [6, 6.07) is 6.75. The lowest BCUT2D eigenvalue weighted by Crippen LogP contribution is -2.58. The van der Waals surface area contributed by atoms with Crippen molar-refractivity contribution in [3.63, 3.8) is 0 Å². The molecule has 1 spiro atoms. The van der Waals surface area contributed by atoms with Gasteiger partial charge in [0, 0.05) is 51.3 Å². The first-order valence-corrected chi connectivity index (χ1v) is 15.0. The number of likely N-dealkylation sites (tertiary alicyclic amines) is 2. The van der Waals surface area contributed by atoms with Crippen LogP contribution in [-0.4, -0.2) is 71.2 Å². The lowest BCUT2D eigenvalue weighted by molar-refractivity contribution is -0.144. The van der Waals surface area contributed by atoms with Crippen molar-refractivity contribution in [1.82, 2.24) is 14.7 Å². The molecule has 0 aromatic heterocycles. The quantitative estimate of drug-likeness (QED) is 0.595. The van der Waals surface area contributed by atoms with Crippen molar-refractivity contribution in [1.29, 1.82) is 0 Å². The number of hydrogen-bond donors (Lipinski definition) is 1. The number of carbonyl (C=O) groups is 3. The highest BCUT2D eigenvalue weighted by molar-refractivity contribution is 5.92. The van der Waals surface area contributed by atoms with Gasteiger partial charge in [0.1, 0.15) is 0 Å². The molecular weight excluding hydrogens is 476 g/mol. The van der Waals surface area contributed by atoms with Gasteiger partial charge in [-0.05, 0) is 99.6 Å². The number of anilines is 1. The van der Waals surface area contributed by atoms with Crippen molar-refractivity contribution in [2.75, 3.05) is 38.0 Å². The summed E-state index contributed by atoms with van der Waals surface area (Å²) in [5.74, 6) is 1.97. The minimum Gasteiger partial charge on any atom is -0.341 e. The van der Waals surface area contributed by atoms with Gasteiger partial charge in [0.2, 0.25) is 17.7 Å². The number of carbonyl (C=O) groups excluding carboxylic acids is 3. The van der Waals surface area contributed by atoms with Gasteiger partial charge >= 0.3 is 0 Å². The number of fused-ring (bicyclic) bond motifs is 2. The lowest BCUT2D eigenvalue weighted by atomic mass is 9.67. The normalized spacial score (nSPS) is 26.1. The highest BCUT2D eigenvalue weighted by Gasteiger charge is 2.49. The summed E-state index contributed by atoms with van der Waals surface area (Å²) in [5, 5.41) is 2.92. The van der Waals surface area contributed by atoms with Crippen LogP contribution < -0.4 is 5.32 Å². The fraction of sp³-hybridized carbons (Fsp3) is 0.710. The van der Waals surface area contributed by atoms with E-state index in [0.29, 0.717) is 32.1 Å². The van der Waals surface area contributed by atoms with E-state index in [1.165, 1.54) is 32.6 Å². The van der Waals surface area contributed by atoms with E-state index in [4.69, 9.17) is 0 Å². The fourth-order valence-corrected chi connectivity index (χ4v) is 7.58. The third kappa shape index (κ3) is 5.49. The summed E-state index contributed by atoms with van der Waals surface area (Å²) in [4.78, 5) is 44.9. The van der Waals surface area contributed by atoms with Gasteiger partial charge in [-0.25, -0.2) is 0 Å². The van der Waals surface area contributed by atoms with Crippen LogP contribution in [0.25, 0.3) is 0 Å². The monoisotopic (exact) mass is 522 g/mol. The molecule has 1 N–H and O–H groups in total. The van der Waals surface area contributed by atoms with E-state index in [0.717, 1.165) is 74.0 Å². The van der Waals surface area contributed by atoms with Gasteiger partial charge in [-0.1, -0.05) is 19.9 Å². The molecule has 1 aromatic rings. The summed E-state index contributed by atoms with van der Waals surface area (Å²) in [5.41, 5.74) is 2.54. The van der Waals surface area contributed by atoms with Crippen molar-refractivity contribution in [2.24, 2.45) is 11.8 Å². The fourth-order valence-electron chi connectivity index (χ4n) is 7.58. The number of amides is 3. The van der Waals surface area contributed by atoms with Gasteiger partial charge in [-0.2, -0.15) is 0 Å². The van der Waals surface area contributed by atoms with E-state index in [1.54, 1.807) is 0 Å². The molecule has 1 aliphatic carbocycles. The van der Waals surface area contributed by atoms with E-state index in [-0.39, 0.29) is 17.7 Å². The first-order valence-electron chi connectivity index (χ1n) is 15.0. The molecule has 3 heterocycles. The molecule has 7 heteroatoms. The molecule has 0 bridgehead atoms. The van der Waals surface area contributed by atoms with Gasteiger partial charge < -0.3 is 20.0 Å². The predicted octanol–water partition coefficient (Wildman–Crippen LogP) is 4.55. The molecule has 2 saturated heterocycles. The lowest BCUT2D eigenvalue weighted by Gasteiger charge is -2.50. The molecule has 4 aliphatic rings. The Bertz CT molecular complexity index is 1040. The Labute approximate surface area is 228 Å². The molecule has 0 atom stereocenters. The van der Waals surface area contributed by atoms with Crippen molar-refractivity contribution in [2.45, 2.75) is 96.6 Å². The smallest absolute Gasteiger partial charge is 0.233 e. The van der Waals surface area contributed by atoms with Crippen LogP contribution in [0.1, 0.15) is 89.7 Å². The van der Waals surface area contributed by atoms with E-state index >= 15 is 0 Å². The number of nitrogens with one attached hydrogen (secondary N) is 1. The molecule has 3 amide bonds. The van der Waals surface area contributed by atoms with Crippen molar-refractivity contribution < 1.29 is 14.4 Å². The molecule has 38 heavy (non-hydrogen) atoms. The second-order valence-corrected chi connectivity index (χ2v) is 12.5. The Morgan fingerprint density at radius 3 is 2.37 bits per heavy atom. The van der Waals surface area contributed by atoms with Gasteiger partial charge in [-0.15, -0.1) is 0 Å². The molecule has 7 nitrogen and oxygen atoms in total. The molecule has 5 rings (SSSR count). The van der Waals surface area contributed by atoms with E-state index < -0.39 is 5.41 Å². The number of hydrogen-bond acceptors (Lipinski definition) is 4. The maximum atomic E-state index is 14.2. The van der Waals surface area contributed by atoms with Crippen LogP contribution in [0, 0.1) is 11.8 Å². The Morgan fingerprint density at radius 1 is 1.00 bits per heavy atom. The zero-order chi connectivity index (χ0) is 26.9. The summed E-state index contributed by atoms with van der Waals surface area (Å²) in [6.45, 7) is 10.6. The minimum absolute atomic E-state index is 0.0903. The molecular formula is C31H46N4O3. The van der Waals surface area contributed by atoms with Crippen molar-refractivity contribution in [3.05, 3.63) is 29.3 Å². The van der Waals surface area contributed by atoms with Gasteiger partial charge in [0.25, 0.3) is 0 Å². The zero-order valence-corrected chi connectivity index (χ0v) is 23.6. The maximum absolute atomic E-state index is 14.2. The highest BCUT2D eigenvalue weighted by Crippen LogP contribution is 2.45. The van der Waals surface area contributed by atoms with Crippen LogP contribution in [0.5, 0.6) is 0 Å². The number of benzene rings is 1. The van der Waals surface area contributed by atoms with Crippen LogP contribution in [0.3, 0.4) is 0 Å². The average molecular weight is 523 g/mol. The first-order chi connectivity index (χ1) is 18.3. The predicted molar refractivity (Wildman–Crippen MR) is 150 cm³/mol. The first kappa shape index (κ1) is 27.2. The molecule has 1 saturated carbocycles. The Hall–Kier alpha value is -2.41. The Kier molecular flexibility index (Phi) is 8.13. The van der Waals surface area contributed by atoms with E-state index in [2.05, 4.69) is 36.2 Å². The SMILES string of the molecule is CC(=O)Nc1ccc2c(c1)CN(CCN1CCCCC1=O)C(=O)C21CCN(C2CCC(C(C)C)CC2)CC1. The topological polar surface area (TPSA) is 73.0 Å². The van der Waals surface area contributed by atoms with Gasteiger partial charge in [0.15, 0.2) is 0 Å². The second-order valence-electron chi connectivity index (χ2n) is 12.5. The maximum Gasteiger partial charge on any atom is 0.233 e. The second kappa shape index (κ2) is 11.4. The van der Waals surface area contributed by atoms with Crippen LogP contribution in [0.4, 0.5) is 5.69 Å². The molecule has 1 aromatic carbocycles. The van der Waals surface area contributed by atoms with Crippen LogP contribution >= 0.6 is 0 Å². The molecule has 0 unspecified atom stereocenters. The van der Waals surface area contributed by atoms with Gasteiger partial charge in [-0.3, -0.25) is 14.4 Å². The van der Waals surface area contributed by atoms with Gasteiger partial charge in [0.05, 0.1) is 5.41 Å². The Balaban J connectivity index is 1.34. The number of nitrogens with zero attached hydrogens (tertiary/aromatic N) is 3. The van der Waals surface area contributed by atoms with E-state index in [1.807, 2.05) is 15.9 Å². The molecule has 3 fully saturated rings. The van der Waals surface area contributed by atoms with Crippen molar-refractivity contribution in [3.8, 4) is 0 Å². The highest BCUT2D eigenvalue weighted by atomic mass is 16.2. The molecule has 208 valence electrons. The largest absolute Gasteiger partial charge is 0.341 e. The van der Waals surface area contributed by atoms with Crippen LogP contribution in [-0.2, 0) is 26.3 Å². The van der Waals surface area contributed by atoms with Crippen LogP contribution in [0.15, 0.2) is 18.2 Å². The third-order valence-electron chi connectivity index (χ3n) is 9.91. The third-order valence-corrected chi connectivity index (χ3v) is 9.91. The average Bonchev–Trinajstić information content (AvgIpc) is 2.91. The molecule has 0 radical (unpaired) electrons. The van der Waals surface area contributed by atoms with Crippen LogP contribution in [0.2, 0.25) is 0 Å². The minimum atomic E-state index is -0.514. The zero-order valence-electron chi connectivity index (χ0n) is 23.6. The molecule has 3 aliphatic heterocycles. The Morgan fingerprint density at radius 2 is 1.71 bits per heavy atom. The summed E-state index contributed by atoms with van der Waals surface area (Å²) < 4.78 is 0. The van der Waals surface area contributed by atoms with Crippen molar-refractivity contribution >= 4 is 23.4 Å². The summed E-state index contributed by atoms with van der Waals surface area (Å²) in [6.07, 6.45) is 9.49. The number of piperidine rings is 2.